The first-order chi connectivity index (χ1) is 14.8. The third kappa shape index (κ3) is 5.24. The number of aryl methyl sites for hydroxylation is 1. The van der Waals surface area contributed by atoms with Gasteiger partial charge in [0, 0.05) is 42.3 Å². The van der Waals surface area contributed by atoms with Crippen molar-refractivity contribution in [3.63, 3.8) is 0 Å². The van der Waals surface area contributed by atoms with E-state index in [1.54, 1.807) is 30.3 Å². The van der Waals surface area contributed by atoms with E-state index in [2.05, 4.69) is 23.7 Å². The molecule has 6 heteroatoms. The molecule has 31 heavy (non-hydrogen) atoms. The largest absolute Gasteiger partial charge is 0.348 e. The van der Waals surface area contributed by atoms with E-state index < -0.39 is 5.91 Å². The van der Waals surface area contributed by atoms with Gasteiger partial charge in [-0.2, -0.15) is 5.26 Å². The quantitative estimate of drug-likeness (QED) is 0.552. The summed E-state index contributed by atoms with van der Waals surface area (Å²) in [5, 5.41) is 12.3. The molecule has 2 heterocycles. The average Bonchev–Trinajstić information content (AvgIpc) is 3.36. The minimum absolute atomic E-state index is 0.0183. The molecule has 0 aliphatic carbocycles. The highest BCUT2D eigenvalue weighted by Crippen LogP contribution is 2.21. The molecule has 0 bridgehead atoms. The number of hydrogen-bond acceptors (Lipinski definition) is 3. The van der Waals surface area contributed by atoms with Gasteiger partial charge < -0.3 is 14.8 Å². The normalized spacial score (nSPS) is 14.1. The number of amides is 2. The molecule has 1 aromatic carbocycles. The van der Waals surface area contributed by atoms with Crippen LogP contribution in [0.25, 0.3) is 6.08 Å². The first-order valence-corrected chi connectivity index (χ1v) is 10.8. The van der Waals surface area contributed by atoms with Crippen molar-refractivity contribution in [2.45, 2.75) is 47.1 Å². The van der Waals surface area contributed by atoms with Gasteiger partial charge in [-0.05, 0) is 74.6 Å². The first kappa shape index (κ1) is 22.4. The van der Waals surface area contributed by atoms with Gasteiger partial charge in [-0.25, -0.2) is 0 Å². The Morgan fingerprint density at radius 3 is 2.39 bits per heavy atom. The van der Waals surface area contributed by atoms with Gasteiger partial charge in [0.15, 0.2) is 0 Å². The van der Waals surface area contributed by atoms with Crippen LogP contribution < -0.4 is 5.32 Å². The van der Waals surface area contributed by atoms with Crippen LogP contribution in [-0.2, 0) is 11.3 Å². The van der Waals surface area contributed by atoms with Gasteiger partial charge in [-0.3, -0.25) is 9.59 Å². The smallest absolute Gasteiger partial charge is 0.266 e. The highest BCUT2D eigenvalue weighted by molar-refractivity contribution is 6.10. The van der Waals surface area contributed by atoms with Crippen molar-refractivity contribution in [3.05, 3.63) is 58.4 Å². The Labute approximate surface area is 184 Å². The van der Waals surface area contributed by atoms with Gasteiger partial charge in [-0.1, -0.05) is 13.8 Å². The summed E-state index contributed by atoms with van der Waals surface area (Å²) in [5.41, 5.74) is 4.21. The third-order valence-corrected chi connectivity index (χ3v) is 5.61. The Hall–Kier alpha value is -3.33. The Morgan fingerprint density at radius 1 is 1.16 bits per heavy atom. The number of aromatic nitrogens is 1. The number of nitrogens with one attached hydrogen (secondary N) is 1. The van der Waals surface area contributed by atoms with Crippen molar-refractivity contribution in [2.24, 2.45) is 5.92 Å². The predicted octanol–water partition coefficient (Wildman–Crippen LogP) is 4.54. The summed E-state index contributed by atoms with van der Waals surface area (Å²) in [6.45, 7) is 10.8. The van der Waals surface area contributed by atoms with Crippen LogP contribution in [0.5, 0.6) is 0 Å². The zero-order chi connectivity index (χ0) is 22.5. The van der Waals surface area contributed by atoms with Crippen molar-refractivity contribution in [1.29, 1.82) is 5.26 Å². The summed E-state index contributed by atoms with van der Waals surface area (Å²) in [5.74, 6) is 0.0558. The minimum atomic E-state index is -0.463. The number of carbonyl (C=O) groups excluding carboxylic acids is 2. The SMILES string of the molecule is Cc1cc(/C=C(\C#N)C(=O)Nc2ccc(C(=O)N3CCCC3)cc2)c(C)n1CC(C)C. The van der Waals surface area contributed by atoms with Crippen molar-refractivity contribution in [1.82, 2.24) is 9.47 Å². The summed E-state index contributed by atoms with van der Waals surface area (Å²) in [4.78, 5) is 27.0. The lowest BCUT2D eigenvalue weighted by Gasteiger charge is -2.15. The fourth-order valence-corrected chi connectivity index (χ4v) is 3.92. The van der Waals surface area contributed by atoms with Crippen molar-refractivity contribution >= 4 is 23.6 Å². The van der Waals surface area contributed by atoms with Gasteiger partial charge >= 0.3 is 0 Å². The Balaban J connectivity index is 1.73. The summed E-state index contributed by atoms with van der Waals surface area (Å²) in [7, 11) is 0. The lowest BCUT2D eigenvalue weighted by molar-refractivity contribution is -0.112. The second-order valence-corrected chi connectivity index (χ2v) is 8.53. The molecule has 3 rings (SSSR count). The average molecular weight is 419 g/mol. The van der Waals surface area contributed by atoms with E-state index in [1.165, 1.54) is 0 Å². The molecule has 2 aromatic rings. The van der Waals surface area contributed by atoms with E-state index in [4.69, 9.17) is 0 Å². The van der Waals surface area contributed by atoms with Crippen molar-refractivity contribution < 1.29 is 9.59 Å². The second kappa shape index (κ2) is 9.65. The number of hydrogen-bond donors (Lipinski definition) is 1. The van der Waals surface area contributed by atoms with Crippen LogP contribution in [0.15, 0.2) is 35.9 Å². The zero-order valence-corrected chi connectivity index (χ0v) is 18.7. The molecule has 0 radical (unpaired) electrons. The number of nitriles is 1. The molecule has 0 spiro atoms. The van der Waals surface area contributed by atoms with Gasteiger partial charge in [0.25, 0.3) is 11.8 Å². The first-order valence-electron chi connectivity index (χ1n) is 10.8. The van der Waals surface area contributed by atoms with E-state index in [1.807, 2.05) is 30.9 Å². The van der Waals surface area contributed by atoms with E-state index in [0.29, 0.717) is 17.2 Å². The highest BCUT2D eigenvalue weighted by Gasteiger charge is 2.19. The monoisotopic (exact) mass is 418 g/mol. The number of benzene rings is 1. The van der Waals surface area contributed by atoms with E-state index >= 15 is 0 Å². The summed E-state index contributed by atoms with van der Waals surface area (Å²) >= 11 is 0. The van der Waals surface area contributed by atoms with E-state index in [-0.39, 0.29) is 11.5 Å². The lowest BCUT2D eigenvalue weighted by Crippen LogP contribution is -2.27. The maximum absolute atomic E-state index is 12.7. The molecule has 6 nitrogen and oxygen atoms in total. The third-order valence-electron chi connectivity index (χ3n) is 5.61. The maximum atomic E-state index is 12.7. The van der Waals surface area contributed by atoms with Gasteiger partial charge in [0.2, 0.25) is 0 Å². The zero-order valence-electron chi connectivity index (χ0n) is 18.7. The topological polar surface area (TPSA) is 78.1 Å². The minimum Gasteiger partial charge on any atom is -0.348 e. The Morgan fingerprint density at radius 2 is 1.81 bits per heavy atom. The van der Waals surface area contributed by atoms with Crippen LogP contribution in [0.4, 0.5) is 5.69 Å². The number of anilines is 1. The summed E-state index contributed by atoms with van der Waals surface area (Å²) in [6, 6.07) is 10.8. The fourth-order valence-electron chi connectivity index (χ4n) is 3.92. The molecule has 0 unspecified atom stereocenters. The van der Waals surface area contributed by atoms with Gasteiger partial charge in [-0.15, -0.1) is 0 Å². The summed E-state index contributed by atoms with van der Waals surface area (Å²) < 4.78 is 2.21. The highest BCUT2D eigenvalue weighted by atomic mass is 16.2. The number of rotatable bonds is 6. The van der Waals surface area contributed by atoms with Crippen LogP contribution >= 0.6 is 0 Å². The van der Waals surface area contributed by atoms with E-state index in [9.17, 15) is 14.9 Å². The lowest BCUT2D eigenvalue weighted by atomic mass is 10.1. The number of likely N-dealkylation sites (tertiary alicyclic amines) is 1. The molecular weight excluding hydrogens is 388 g/mol. The van der Waals surface area contributed by atoms with Crippen LogP contribution in [0.2, 0.25) is 0 Å². The molecule has 162 valence electrons. The van der Waals surface area contributed by atoms with Crippen LogP contribution in [0, 0.1) is 31.1 Å². The molecule has 1 N–H and O–H groups in total. The molecule has 1 fully saturated rings. The Bertz CT molecular complexity index is 1030. The van der Waals surface area contributed by atoms with Gasteiger partial charge in [0.1, 0.15) is 11.6 Å². The standard InChI is InChI=1S/C25H30N4O2/c1-17(2)16-29-18(3)13-21(19(29)4)14-22(15-26)24(30)27-23-9-7-20(8-10-23)25(31)28-11-5-6-12-28/h7-10,13-14,17H,5-6,11-12,16H2,1-4H3,(H,27,30)/b22-14+. The predicted molar refractivity (Wildman–Crippen MR) is 123 cm³/mol. The molecule has 1 aliphatic rings. The Kier molecular flexibility index (Phi) is 6.96. The fraction of sp³-hybridized carbons (Fsp3) is 0.400. The van der Waals surface area contributed by atoms with Crippen molar-refractivity contribution in [3.8, 4) is 6.07 Å². The van der Waals surface area contributed by atoms with Crippen LogP contribution in [0.3, 0.4) is 0 Å². The molecule has 2 amide bonds. The van der Waals surface area contributed by atoms with Gasteiger partial charge in [0.05, 0.1) is 0 Å². The number of nitrogens with zero attached hydrogens (tertiary/aromatic N) is 3. The molecular formula is C25H30N4O2. The van der Waals surface area contributed by atoms with Crippen molar-refractivity contribution in [2.75, 3.05) is 18.4 Å². The van der Waals surface area contributed by atoms with Crippen LogP contribution in [0.1, 0.15) is 54.0 Å². The molecule has 1 aromatic heterocycles. The molecule has 1 saturated heterocycles. The summed E-state index contributed by atoms with van der Waals surface area (Å²) in [6.07, 6.45) is 3.73. The van der Waals surface area contributed by atoms with Crippen LogP contribution in [-0.4, -0.2) is 34.4 Å². The number of carbonyl (C=O) groups is 2. The maximum Gasteiger partial charge on any atom is 0.266 e. The molecule has 1 aliphatic heterocycles. The second-order valence-electron chi connectivity index (χ2n) is 8.53. The molecule has 0 atom stereocenters. The van der Waals surface area contributed by atoms with E-state index in [0.717, 1.165) is 49.4 Å². The molecule has 0 saturated carbocycles.